The third-order valence-electron chi connectivity index (χ3n) is 3.66. The van der Waals surface area contributed by atoms with Gasteiger partial charge in [-0.05, 0) is 49.8 Å². The molecule has 0 bridgehead atoms. The molecule has 20 heavy (non-hydrogen) atoms. The highest BCUT2D eigenvalue weighted by molar-refractivity contribution is 5.98. The maximum atomic E-state index is 12.0. The summed E-state index contributed by atoms with van der Waals surface area (Å²) in [7, 11) is 2.86. The first-order valence-electron chi connectivity index (χ1n) is 6.78. The number of carbonyl (C=O) groups excluding carboxylic acids is 1. The summed E-state index contributed by atoms with van der Waals surface area (Å²) in [4.78, 5) is 12.0. The van der Waals surface area contributed by atoms with Crippen LogP contribution < -0.4 is 4.74 Å². The Morgan fingerprint density at radius 1 is 1.30 bits per heavy atom. The molecule has 0 aromatic heterocycles. The first-order chi connectivity index (χ1) is 9.60. The van der Waals surface area contributed by atoms with Gasteiger partial charge in [0.2, 0.25) is 0 Å². The first-order valence-corrected chi connectivity index (χ1v) is 6.78. The lowest BCUT2D eigenvalue weighted by Gasteiger charge is -2.20. The molecule has 1 aromatic rings. The number of phenols is 1. The van der Waals surface area contributed by atoms with Gasteiger partial charge in [-0.3, -0.25) is 0 Å². The summed E-state index contributed by atoms with van der Waals surface area (Å²) in [6, 6.07) is 1.72. The van der Waals surface area contributed by atoms with Crippen LogP contribution in [0.15, 0.2) is 12.1 Å². The van der Waals surface area contributed by atoms with Crippen LogP contribution in [-0.2, 0) is 4.74 Å². The fourth-order valence-corrected chi connectivity index (χ4v) is 2.70. The molecule has 1 N–H and O–H groups in total. The van der Waals surface area contributed by atoms with Crippen molar-refractivity contribution in [2.45, 2.75) is 32.6 Å². The number of methoxy groups -OCH3 is 2. The summed E-state index contributed by atoms with van der Waals surface area (Å²) in [6.07, 6.45) is 6.10. The van der Waals surface area contributed by atoms with Gasteiger partial charge < -0.3 is 14.6 Å². The second-order valence-corrected chi connectivity index (χ2v) is 4.96. The summed E-state index contributed by atoms with van der Waals surface area (Å²) < 4.78 is 10.1. The Labute approximate surface area is 119 Å². The number of phenolic OH excluding ortho intramolecular Hbond substituents is 1. The second-order valence-electron chi connectivity index (χ2n) is 4.96. The van der Waals surface area contributed by atoms with Gasteiger partial charge in [0.05, 0.1) is 19.8 Å². The Kier molecular flexibility index (Phi) is 4.32. The molecule has 0 fully saturated rings. The fourth-order valence-electron chi connectivity index (χ4n) is 2.70. The minimum Gasteiger partial charge on any atom is -0.504 e. The second kappa shape index (κ2) is 5.99. The molecular weight excluding hydrogens is 256 g/mol. The van der Waals surface area contributed by atoms with Gasteiger partial charge in [0.25, 0.3) is 0 Å². The third-order valence-corrected chi connectivity index (χ3v) is 3.66. The standard InChI is InChI=1S/C16H20O4/c1-10-9-12(16(18)20-3)13(14(17)15(10)19-2)11-7-5-4-6-8-11/h7,9,17H,4-6,8H2,1-3H3. The predicted molar refractivity (Wildman–Crippen MR) is 77.2 cm³/mol. The van der Waals surface area contributed by atoms with Crippen molar-refractivity contribution in [1.29, 1.82) is 0 Å². The Balaban J connectivity index is 2.67. The van der Waals surface area contributed by atoms with E-state index < -0.39 is 5.97 Å². The Hall–Kier alpha value is -1.97. The van der Waals surface area contributed by atoms with E-state index in [0.717, 1.165) is 31.3 Å². The van der Waals surface area contributed by atoms with Crippen LogP contribution in [0.25, 0.3) is 5.57 Å². The highest BCUT2D eigenvalue weighted by Gasteiger charge is 2.24. The monoisotopic (exact) mass is 276 g/mol. The average molecular weight is 276 g/mol. The predicted octanol–water partition coefficient (Wildman–Crippen LogP) is 3.45. The van der Waals surface area contributed by atoms with Crippen molar-refractivity contribution < 1.29 is 19.4 Å². The third kappa shape index (κ3) is 2.50. The lowest BCUT2D eigenvalue weighted by atomic mass is 9.88. The van der Waals surface area contributed by atoms with E-state index in [1.54, 1.807) is 13.0 Å². The SMILES string of the molecule is COC(=O)c1cc(C)c(OC)c(O)c1C1=CCCCC1. The van der Waals surface area contributed by atoms with Crippen molar-refractivity contribution in [3.63, 3.8) is 0 Å². The normalized spacial score (nSPS) is 14.7. The van der Waals surface area contributed by atoms with Gasteiger partial charge in [0, 0.05) is 5.56 Å². The van der Waals surface area contributed by atoms with Crippen molar-refractivity contribution >= 4 is 11.5 Å². The number of ether oxygens (including phenoxy) is 2. The molecule has 2 rings (SSSR count). The van der Waals surface area contributed by atoms with Crippen LogP contribution in [0.5, 0.6) is 11.5 Å². The van der Waals surface area contributed by atoms with Gasteiger partial charge in [-0.15, -0.1) is 0 Å². The van der Waals surface area contributed by atoms with E-state index in [2.05, 4.69) is 6.08 Å². The summed E-state index contributed by atoms with van der Waals surface area (Å²) in [5.41, 5.74) is 2.66. The van der Waals surface area contributed by atoms with Crippen LogP contribution in [0.2, 0.25) is 0 Å². The lowest BCUT2D eigenvalue weighted by Crippen LogP contribution is -2.08. The molecule has 108 valence electrons. The molecule has 0 saturated carbocycles. The molecule has 0 heterocycles. The molecular formula is C16H20O4. The van der Waals surface area contributed by atoms with E-state index >= 15 is 0 Å². The number of aryl methyl sites for hydroxylation is 1. The minimum atomic E-state index is -0.437. The number of rotatable bonds is 3. The van der Waals surface area contributed by atoms with Crippen LogP contribution >= 0.6 is 0 Å². The number of aromatic hydroxyl groups is 1. The number of hydrogen-bond acceptors (Lipinski definition) is 4. The largest absolute Gasteiger partial charge is 0.504 e. The van der Waals surface area contributed by atoms with Crippen molar-refractivity contribution in [2.24, 2.45) is 0 Å². The summed E-state index contributed by atoms with van der Waals surface area (Å²) in [6.45, 7) is 1.80. The number of carbonyl (C=O) groups is 1. The molecule has 0 amide bonds. The minimum absolute atomic E-state index is 0.0288. The maximum absolute atomic E-state index is 12.0. The van der Waals surface area contributed by atoms with Gasteiger partial charge >= 0.3 is 5.97 Å². The smallest absolute Gasteiger partial charge is 0.338 e. The zero-order valence-electron chi connectivity index (χ0n) is 12.2. The van der Waals surface area contributed by atoms with Crippen LogP contribution in [0.4, 0.5) is 0 Å². The fraction of sp³-hybridized carbons (Fsp3) is 0.438. The van der Waals surface area contributed by atoms with E-state index in [1.165, 1.54) is 14.2 Å². The molecule has 1 aliphatic rings. The van der Waals surface area contributed by atoms with Crippen molar-refractivity contribution in [3.05, 3.63) is 28.8 Å². The zero-order chi connectivity index (χ0) is 14.7. The molecule has 0 unspecified atom stereocenters. The summed E-state index contributed by atoms with van der Waals surface area (Å²) in [5, 5.41) is 10.5. The van der Waals surface area contributed by atoms with Crippen LogP contribution in [-0.4, -0.2) is 25.3 Å². The van der Waals surface area contributed by atoms with Crippen molar-refractivity contribution in [2.75, 3.05) is 14.2 Å². The summed E-state index contributed by atoms with van der Waals surface area (Å²) >= 11 is 0. The molecule has 0 radical (unpaired) electrons. The maximum Gasteiger partial charge on any atom is 0.338 e. The number of hydrogen-bond donors (Lipinski definition) is 1. The quantitative estimate of drug-likeness (QED) is 0.859. The highest BCUT2D eigenvalue weighted by Crippen LogP contribution is 2.42. The molecule has 1 aliphatic carbocycles. The average Bonchev–Trinajstić information content (AvgIpc) is 2.47. The number of allylic oxidation sites excluding steroid dienone is 2. The van der Waals surface area contributed by atoms with E-state index in [1.807, 2.05) is 0 Å². The molecule has 0 spiro atoms. The van der Waals surface area contributed by atoms with Gasteiger partial charge in [-0.2, -0.15) is 0 Å². The number of esters is 1. The van der Waals surface area contributed by atoms with Crippen LogP contribution in [0.1, 0.15) is 47.2 Å². The zero-order valence-corrected chi connectivity index (χ0v) is 12.2. The van der Waals surface area contributed by atoms with Gasteiger partial charge in [0.15, 0.2) is 11.5 Å². The molecule has 0 atom stereocenters. The Morgan fingerprint density at radius 2 is 2.05 bits per heavy atom. The highest BCUT2D eigenvalue weighted by atomic mass is 16.5. The van der Waals surface area contributed by atoms with E-state index in [9.17, 15) is 9.90 Å². The lowest BCUT2D eigenvalue weighted by molar-refractivity contribution is 0.0599. The molecule has 4 heteroatoms. The van der Waals surface area contributed by atoms with Crippen molar-refractivity contribution in [3.8, 4) is 11.5 Å². The van der Waals surface area contributed by atoms with E-state index in [-0.39, 0.29) is 5.75 Å². The Morgan fingerprint density at radius 3 is 2.60 bits per heavy atom. The van der Waals surface area contributed by atoms with Crippen LogP contribution in [0.3, 0.4) is 0 Å². The topological polar surface area (TPSA) is 55.8 Å². The summed E-state index contributed by atoms with van der Waals surface area (Å²) in [5.74, 6) is 0.00713. The first kappa shape index (κ1) is 14.4. The molecule has 0 saturated heterocycles. The van der Waals surface area contributed by atoms with Gasteiger partial charge in [-0.25, -0.2) is 4.79 Å². The van der Waals surface area contributed by atoms with Crippen molar-refractivity contribution in [1.82, 2.24) is 0 Å². The molecule has 1 aromatic carbocycles. The Bertz CT molecular complexity index is 558. The molecule has 4 nitrogen and oxygen atoms in total. The molecule has 0 aliphatic heterocycles. The van der Waals surface area contributed by atoms with E-state index in [0.29, 0.717) is 22.4 Å². The van der Waals surface area contributed by atoms with Crippen LogP contribution in [0, 0.1) is 6.92 Å². The van der Waals surface area contributed by atoms with Gasteiger partial charge in [0.1, 0.15) is 0 Å². The van der Waals surface area contributed by atoms with Gasteiger partial charge in [-0.1, -0.05) is 6.08 Å². The number of benzene rings is 1. The van der Waals surface area contributed by atoms with E-state index in [4.69, 9.17) is 9.47 Å².